The van der Waals surface area contributed by atoms with Gasteiger partial charge in [-0.3, -0.25) is 4.90 Å². The molecule has 0 aliphatic heterocycles. The van der Waals surface area contributed by atoms with E-state index < -0.39 is 0 Å². The Morgan fingerprint density at radius 3 is 2.82 bits per heavy atom. The minimum Gasteiger partial charge on any atom is -0.504 e. The van der Waals surface area contributed by atoms with Crippen LogP contribution in [-0.4, -0.2) is 28.7 Å². The Balaban J connectivity index is 2.35. The maximum Gasteiger partial charge on any atom is 0.161 e. The predicted molar refractivity (Wildman–Crippen MR) is 68.4 cm³/mol. The largest absolute Gasteiger partial charge is 0.504 e. The average molecular weight is 235 g/mol. The predicted octanol–water partition coefficient (Wildman–Crippen LogP) is 2.82. The van der Waals surface area contributed by atoms with Crippen molar-refractivity contribution in [2.75, 3.05) is 13.6 Å². The van der Waals surface area contributed by atoms with Gasteiger partial charge >= 0.3 is 0 Å². The van der Waals surface area contributed by atoms with Crippen LogP contribution in [0.25, 0.3) is 0 Å². The van der Waals surface area contributed by atoms with Crippen LogP contribution in [0.5, 0.6) is 11.5 Å². The molecule has 3 nitrogen and oxygen atoms in total. The third-order valence-electron chi connectivity index (χ3n) is 3.67. The second-order valence-electron chi connectivity index (χ2n) is 4.89. The fourth-order valence-corrected chi connectivity index (χ4v) is 2.81. The lowest BCUT2D eigenvalue weighted by Crippen LogP contribution is -2.28. The molecule has 1 unspecified atom stereocenters. The number of rotatable bonds is 3. The number of aromatic hydroxyl groups is 2. The van der Waals surface area contributed by atoms with Crippen molar-refractivity contribution in [2.45, 2.75) is 38.6 Å². The van der Waals surface area contributed by atoms with E-state index in [2.05, 4.69) is 18.9 Å². The number of fused-ring (bicyclic) bond motifs is 1. The van der Waals surface area contributed by atoms with Gasteiger partial charge in [0.1, 0.15) is 0 Å². The van der Waals surface area contributed by atoms with Crippen LogP contribution in [0.15, 0.2) is 12.1 Å². The van der Waals surface area contributed by atoms with Crippen molar-refractivity contribution in [2.24, 2.45) is 0 Å². The molecule has 0 radical (unpaired) electrons. The fraction of sp³-hybridized carbons (Fsp3) is 0.571. The molecule has 0 saturated heterocycles. The van der Waals surface area contributed by atoms with E-state index in [1.807, 2.05) is 6.07 Å². The van der Waals surface area contributed by atoms with Gasteiger partial charge in [0.05, 0.1) is 0 Å². The summed E-state index contributed by atoms with van der Waals surface area (Å²) in [7, 11) is 2.13. The van der Waals surface area contributed by atoms with E-state index in [4.69, 9.17) is 0 Å². The maximum atomic E-state index is 9.90. The molecule has 0 spiro atoms. The number of phenolic OH excluding ortho intramolecular Hbond substituents is 2. The van der Waals surface area contributed by atoms with Crippen molar-refractivity contribution in [3.63, 3.8) is 0 Å². The Hall–Kier alpha value is -1.22. The van der Waals surface area contributed by atoms with Crippen LogP contribution >= 0.6 is 0 Å². The quantitative estimate of drug-likeness (QED) is 0.792. The summed E-state index contributed by atoms with van der Waals surface area (Å²) in [6.45, 7) is 3.24. The van der Waals surface area contributed by atoms with E-state index in [1.165, 1.54) is 5.56 Å². The lowest BCUT2D eigenvalue weighted by Gasteiger charge is -2.33. The van der Waals surface area contributed by atoms with Gasteiger partial charge in [-0.05, 0) is 50.9 Å². The van der Waals surface area contributed by atoms with Crippen LogP contribution in [0.1, 0.15) is 43.4 Å². The van der Waals surface area contributed by atoms with Gasteiger partial charge in [0.2, 0.25) is 0 Å². The van der Waals surface area contributed by atoms with Crippen molar-refractivity contribution >= 4 is 0 Å². The van der Waals surface area contributed by atoms with Gasteiger partial charge in [-0.1, -0.05) is 13.0 Å². The Kier molecular flexibility index (Phi) is 3.57. The summed E-state index contributed by atoms with van der Waals surface area (Å²) in [6.07, 6.45) is 4.20. The van der Waals surface area contributed by atoms with E-state index in [-0.39, 0.29) is 11.5 Å². The lowest BCUT2D eigenvalue weighted by atomic mass is 9.86. The van der Waals surface area contributed by atoms with Crippen LogP contribution in [-0.2, 0) is 6.42 Å². The monoisotopic (exact) mass is 235 g/mol. The van der Waals surface area contributed by atoms with Crippen molar-refractivity contribution in [3.8, 4) is 11.5 Å². The van der Waals surface area contributed by atoms with Crippen LogP contribution < -0.4 is 0 Å². The van der Waals surface area contributed by atoms with Crippen LogP contribution in [0.2, 0.25) is 0 Å². The number of hydrogen-bond acceptors (Lipinski definition) is 3. The van der Waals surface area contributed by atoms with E-state index >= 15 is 0 Å². The summed E-state index contributed by atoms with van der Waals surface area (Å²) in [6, 6.07) is 3.94. The molecule has 0 aromatic heterocycles. The van der Waals surface area contributed by atoms with E-state index in [9.17, 15) is 10.2 Å². The highest BCUT2D eigenvalue weighted by Crippen LogP contribution is 2.41. The molecule has 0 amide bonds. The Bertz CT molecular complexity index is 403. The Morgan fingerprint density at radius 1 is 1.35 bits per heavy atom. The van der Waals surface area contributed by atoms with E-state index in [0.29, 0.717) is 6.04 Å². The Morgan fingerprint density at radius 2 is 2.12 bits per heavy atom. The number of benzene rings is 1. The number of nitrogens with zero attached hydrogens (tertiary/aromatic N) is 1. The highest BCUT2D eigenvalue weighted by Gasteiger charge is 2.26. The van der Waals surface area contributed by atoms with Crippen molar-refractivity contribution in [1.29, 1.82) is 0 Å². The molecule has 1 aliphatic rings. The normalized spacial score (nSPS) is 19.4. The molecule has 1 aliphatic carbocycles. The zero-order valence-electron chi connectivity index (χ0n) is 10.6. The molecule has 17 heavy (non-hydrogen) atoms. The summed E-state index contributed by atoms with van der Waals surface area (Å²) in [5.74, 6) is 0.0830. The molecule has 0 fully saturated rings. The van der Waals surface area contributed by atoms with E-state index in [0.717, 1.165) is 37.8 Å². The lowest BCUT2D eigenvalue weighted by molar-refractivity contribution is 0.220. The summed E-state index contributed by atoms with van der Waals surface area (Å²) < 4.78 is 0. The van der Waals surface area contributed by atoms with Crippen molar-refractivity contribution in [3.05, 3.63) is 23.3 Å². The maximum absolute atomic E-state index is 9.90. The zero-order valence-corrected chi connectivity index (χ0v) is 10.6. The van der Waals surface area contributed by atoms with Gasteiger partial charge in [0, 0.05) is 11.6 Å². The summed E-state index contributed by atoms with van der Waals surface area (Å²) in [4.78, 5) is 2.34. The molecular formula is C14H21NO2. The second kappa shape index (κ2) is 4.96. The molecule has 1 aromatic rings. The highest BCUT2D eigenvalue weighted by atomic mass is 16.3. The molecule has 1 aromatic carbocycles. The van der Waals surface area contributed by atoms with Crippen LogP contribution in [0.3, 0.4) is 0 Å². The number of hydrogen-bond donors (Lipinski definition) is 2. The zero-order chi connectivity index (χ0) is 12.4. The van der Waals surface area contributed by atoms with Gasteiger partial charge in [-0.25, -0.2) is 0 Å². The molecule has 0 saturated carbocycles. The molecule has 1 atom stereocenters. The van der Waals surface area contributed by atoms with Crippen LogP contribution in [0.4, 0.5) is 0 Å². The van der Waals surface area contributed by atoms with Gasteiger partial charge in [-0.15, -0.1) is 0 Å². The molecule has 3 heteroatoms. The SMILES string of the molecule is CCCN(C)C1CCCc2c1ccc(O)c2O. The Labute approximate surface area is 103 Å². The first-order valence-corrected chi connectivity index (χ1v) is 6.39. The van der Waals surface area contributed by atoms with Crippen molar-refractivity contribution < 1.29 is 10.2 Å². The molecular weight excluding hydrogens is 214 g/mol. The third-order valence-corrected chi connectivity index (χ3v) is 3.67. The fourth-order valence-electron chi connectivity index (χ4n) is 2.81. The summed E-state index contributed by atoms with van der Waals surface area (Å²) >= 11 is 0. The number of phenols is 2. The first-order chi connectivity index (χ1) is 8.15. The smallest absolute Gasteiger partial charge is 0.161 e. The topological polar surface area (TPSA) is 43.7 Å². The second-order valence-corrected chi connectivity index (χ2v) is 4.89. The average Bonchev–Trinajstić information content (AvgIpc) is 2.33. The molecule has 0 heterocycles. The molecule has 0 bridgehead atoms. The molecule has 2 rings (SSSR count). The van der Waals surface area contributed by atoms with Crippen molar-refractivity contribution in [1.82, 2.24) is 4.90 Å². The standard InChI is InChI=1S/C14H21NO2/c1-3-9-15(2)12-6-4-5-11-10(12)7-8-13(16)14(11)17/h7-8,12,16-17H,3-6,9H2,1-2H3. The summed E-state index contributed by atoms with van der Waals surface area (Å²) in [5, 5.41) is 19.4. The van der Waals surface area contributed by atoms with Gasteiger partial charge < -0.3 is 10.2 Å². The minimum atomic E-state index is 0.00236. The minimum absolute atomic E-state index is 0.00236. The molecule has 2 N–H and O–H groups in total. The third kappa shape index (κ3) is 2.25. The first kappa shape index (κ1) is 12.2. The first-order valence-electron chi connectivity index (χ1n) is 6.39. The highest BCUT2D eigenvalue weighted by molar-refractivity contribution is 5.50. The van der Waals surface area contributed by atoms with Gasteiger partial charge in [-0.2, -0.15) is 0 Å². The van der Waals surface area contributed by atoms with Gasteiger partial charge in [0.25, 0.3) is 0 Å². The van der Waals surface area contributed by atoms with E-state index in [1.54, 1.807) is 6.07 Å². The summed E-state index contributed by atoms with van der Waals surface area (Å²) in [5.41, 5.74) is 2.12. The van der Waals surface area contributed by atoms with Gasteiger partial charge in [0.15, 0.2) is 11.5 Å². The van der Waals surface area contributed by atoms with Crippen LogP contribution in [0, 0.1) is 0 Å². The molecule has 94 valence electrons.